The third-order valence-electron chi connectivity index (χ3n) is 3.19. The Balaban J connectivity index is 2.99. The summed E-state index contributed by atoms with van der Waals surface area (Å²) in [5, 5.41) is 0. The number of hydrogen-bond donors (Lipinski definition) is 1. The molecular weight excluding hydrogens is 208 g/mol. The molecule has 2 N–H and O–H groups in total. The van der Waals surface area contributed by atoms with Crippen LogP contribution in [0.15, 0.2) is 24.3 Å². The first kappa shape index (κ1) is 14.2. The number of hydrogen-bond acceptors (Lipinski definition) is 2. The molecule has 0 aromatic heterocycles. The fourth-order valence-electron chi connectivity index (χ4n) is 2.48. The Morgan fingerprint density at radius 1 is 1.29 bits per heavy atom. The van der Waals surface area contributed by atoms with Crippen LogP contribution in [-0.4, -0.2) is 24.0 Å². The molecule has 0 radical (unpaired) electrons. The predicted molar refractivity (Wildman–Crippen MR) is 75.1 cm³/mol. The zero-order chi connectivity index (χ0) is 12.8. The van der Waals surface area contributed by atoms with Crippen LogP contribution in [0, 0.1) is 6.92 Å². The van der Waals surface area contributed by atoms with Crippen LogP contribution >= 0.6 is 0 Å². The van der Waals surface area contributed by atoms with Crippen LogP contribution < -0.4 is 5.73 Å². The summed E-state index contributed by atoms with van der Waals surface area (Å²) in [7, 11) is 0. The van der Waals surface area contributed by atoms with E-state index in [2.05, 4.69) is 56.9 Å². The number of nitrogens with two attached hydrogens (primary N) is 1. The van der Waals surface area contributed by atoms with Gasteiger partial charge in [-0.05, 0) is 38.9 Å². The van der Waals surface area contributed by atoms with Gasteiger partial charge >= 0.3 is 0 Å². The molecule has 1 rings (SSSR count). The van der Waals surface area contributed by atoms with Crippen LogP contribution in [0.4, 0.5) is 0 Å². The maximum absolute atomic E-state index is 6.18. The van der Waals surface area contributed by atoms with Gasteiger partial charge in [0.15, 0.2) is 0 Å². The standard InChI is InChI=1S/C15H26N2/c1-5-10-17(6-2)15(13(4)16)14-9-7-8-12(3)11-14/h7-9,11,13,15H,5-6,10,16H2,1-4H3. The van der Waals surface area contributed by atoms with Gasteiger partial charge in [0, 0.05) is 12.1 Å². The van der Waals surface area contributed by atoms with Crippen molar-refractivity contribution in [3.63, 3.8) is 0 Å². The van der Waals surface area contributed by atoms with E-state index in [1.54, 1.807) is 0 Å². The first-order valence-corrected chi connectivity index (χ1v) is 6.66. The molecule has 0 aliphatic carbocycles. The van der Waals surface area contributed by atoms with Crippen molar-refractivity contribution in [2.75, 3.05) is 13.1 Å². The number of likely N-dealkylation sites (N-methyl/N-ethyl adjacent to an activating group) is 1. The molecule has 0 saturated carbocycles. The molecule has 1 aromatic rings. The molecule has 0 spiro atoms. The van der Waals surface area contributed by atoms with Crippen LogP contribution in [0.3, 0.4) is 0 Å². The van der Waals surface area contributed by atoms with E-state index >= 15 is 0 Å². The minimum Gasteiger partial charge on any atom is -0.326 e. The lowest BCUT2D eigenvalue weighted by molar-refractivity contribution is 0.186. The molecule has 0 aliphatic heterocycles. The second-order valence-corrected chi connectivity index (χ2v) is 4.85. The van der Waals surface area contributed by atoms with E-state index in [0.29, 0.717) is 6.04 Å². The average Bonchev–Trinajstić information content (AvgIpc) is 2.28. The summed E-state index contributed by atoms with van der Waals surface area (Å²) in [6.45, 7) is 10.8. The van der Waals surface area contributed by atoms with Crippen molar-refractivity contribution >= 4 is 0 Å². The quantitative estimate of drug-likeness (QED) is 0.819. The van der Waals surface area contributed by atoms with E-state index in [1.165, 1.54) is 17.5 Å². The van der Waals surface area contributed by atoms with Gasteiger partial charge in [-0.15, -0.1) is 0 Å². The summed E-state index contributed by atoms with van der Waals surface area (Å²) >= 11 is 0. The molecular formula is C15H26N2. The second-order valence-electron chi connectivity index (χ2n) is 4.85. The first-order valence-electron chi connectivity index (χ1n) is 6.66. The van der Waals surface area contributed by atoms with Crippen molar-refractivity contribution in [3.05, 3.63) is 35.4 Å². The molecule has 2 atom stereocenters. The van der Waals surface area contributed by atoms with E-state index in [1.807, 2.05) is 0 Å². The fraction of sp³-hybridized carbons (Fsp3) is 0.600. The van der Waals surface area contributed by atoms with E-state index in [9.17, 15) is 0 Å². The summed E-state index contributed by atoms with van der Waals surface area (Å²) < 4.78 is 0. The summed E-state index contributed by atoms with van der Waals surface area (Å²) in [6.07, 6.45) is 1.17. The van der Waals surface area contributed by atoms with Crippen molar-refractivity contribution in [1.82, 2.24) is 4.90 Å². The summed E-state index contributed by atoms with van der Waals surface area (Å²) in [6, 6.07) is 9.20. The molecule has 0 aliphatic rings. The molecule has 2 nitrogen and oxygen atoms in total. The lowest BCUT2D eigenvalue weighted by Crippen LogP contribution is -2.39. The Hall–Kier alpha value is -0.860. The van der Waals surface area contributed by atoms with Crippen LogP contribution in [0.2, 0.25) is 0 Å². The summed E-state index contributed by atoms with van der Waals surface area (Å²) in [5.41, 5.74) is 8.83. The largest absolute Gasteiger partial charge is 0.326 e. The molecule has 0 heterocycles. The SMILES string of the molecule is CCCN(CC)C(c1cccc(C)c1)C(C)N. The van der Waals surface area contributed by atoms with E-state index in [0.717, 1.165) is 13.1 Å². The highest BCUT2D eigenvalue weighted by atomic mass is 15.2. The Morgan fingerprint density at radius 2 is 2.00 bits per heavy atom. The molecule has 2 heteroatoms. The van der Waals surface area contributed by atoms with Crippen molar-refractivity contribution in [2.45, 2.75) is 46.2 Å². The van der Waals surface area contributed by atoms with Crippen molar-refractivity contribution in [2.24, 2.45) is 5.73 Å². The molecule has 0 fully saturated rings. The highest BCUT2D eigenvalue weighted by molar-refractivity contribution is 5.26. The normalized spacial score (nSPS) is 14.9. The van der Waals surface area contributed by atoms with E-state index < -0.39 is 0 Å². The maximum atomic E-state index is 6.18. The van der Waals surface area contributed by atoms with Crippen LogP contribution in [0.5, 0.6) is 0 Å². The zero-order valence-electron chi connectivity index (χ0n) is 11.6. The van der Waals surface area contributed by atoms with Crippen LogP contribution in [0.25, 0.3) is 0 Å². The molecule has 0 amide bonds. The average molecular weight is 234 g/mol. The predicted octanol–water partition coefficient (Wildman–Crippen LogP) is 3.12. The smallest absolute Gasteiger partial charge is 0.0496 e. The lowest BCUT2D eigenvalue weighted by atomic mass is 9.97. The monoisotopic (exact) mass is 234 g/mol. The fourth-order valence-corrected chi connectivity index (χ4v) is 2.48. The van der Waals surface area contributed by atoms with Crippen molar-refractivity contribution in [3.8, 4) is 0 Å². The summed E-state index contributed by atoms with van der Waals surface area (Å²) in [4.78, 5) is 2.47. The molecule has 1 aromatic carbocycles. The number of aryl methyl sites for hydroxylation is 1. The lowest BCUT2D eigenvalue weighted by Gasteiger charge is -2.33. The molecule has 96 valence electrons. The third kappa shape index (κ3) is 3.83. The van der Waals surface area contributed by atoms with Gasteiger partial charge in [0.05, 0.1) is 0 Å². The van der Waals surface area contributed by atoms with Gasteiger partial charge in [-0.1, -0.05) is 43.7 Å². The Labute approximate surface area is 106 Å². The Bertz CT molecular complexity index is 333. The van der Waals surface area contributed by atoms with Crippen LogP contribution in [0.1, 0.15) is 44.4 Å². The maximum Gasteiger partial charge on any atom is 0.0496 e. The first-order chi connectivity index (χ1) is 8.10. The van der Waals surface area contributed by atoms with Gasteiger partial charge in [-0.2, -0.15) is 0 Å². The van der Waals surface area contributed by atoms with Gasteiger partial charge in [0.1, 0.15) is 0 Å². The zero-order valence-corrected chi connectivity index (χ0v) is 11.6. The van der Waals surface area contributed by atoms with Crippen molar-refractivity contribution in [1.29, 1.82) is 0 Å². The molecule has 17 heavy (non-hydrogen) atoms. The molecule has 0 bridgehead atoms. The number of rotatable bonds is 6. The Morgan fingerprint density at radius 3 is 2.47 bits per heavy atom. The van der Waals surface area contributed by atoms with Gasteiger partial charge in [-0.25, -0.2) is 0 Å². The Kier molecular flexibility index (Phi) is 5.66. The number of benzene rings is 1. The van der Waals surface area contributed by atoms with Crippen molar-refractivity contribution < 1.29 is 0 Å². The minimum atomic E-state index is 0.156. The number of nitrogens with zero attached hydrogens (tertiary/aromatic N) is 1. The third-order valence-corrected chi connectivity index (χ3v) is 3.19. The van der Waals surface area contributed by atoms with Gasteiger partial charge in [0.2, 0.25) is 0 Å². The van der Waals surface area contributed by atoms with Gasteiger partial charge in [0.25, 0.3) is 0 Å². The highest BCUT2D eigenvalue weighted by Gasteiger charge is 2.22. The van der Waals surface area contributed by atoms with Gasteiger partial charge in [-0.3, -0.25) is 4.90 Å². The van der Waals surface area contributed by atoms with Crippen LogP contribution in [-0.2, 0) is 0 Å². The van der Waals surface area contributed by atoms with Gasteiger partial charge < -0.3 is 5.73 Å². The minimum absolute atomic E-state index is 0.156. The summed E-state index contributed by atoms with van der Waals surface area (Å²) in [5.74, 6) is 0. The molecule has 2 unspecified atom stereocenters. The van der Waals surface area contributed by atoms with E-state index in [4.69, 9.17) is 5.73 Å². The highest BCUT2D eigenvalue weighted by Crippen LogP contribution is 2.24. The molecule has 0 saturated heterocycles. The topological polar surface area (TPSA) is 29.3 Å². The second kappa shape index (κ2) is 6.77. The van der Waals surface area contributed by atoms with E-state index in [-0.39, 0.29) is 6.04 Å².